The number of carboxylic acids is 2. The van der Waals surface area contributed by atoms with E-state index >= 15 is 0 Å². The number of alkyl halides is 3. The molecule has 0 bridgehead atoms. The Morgan fingerprint density at radius 3 is 2.11 bits per heavy atom. The number of anilines is 1. The van der Waals surface area contributed by atoms with Gasteiger partial charge < -0.3 is 25.6 Å². The molecule has 1 aliphatic rings. The molecule has 4 N–H and O–H groups in total. The summed E-state index contributed by atoms with van der Waals surface area (Å²) in [5.41, 5.74) is 7.36. The molecule has 0 spiro atoms. The fourth-order valence-electron chi connectivity index (χ4n) is 3.81. The molecule has 0 aliphatic carbocycles. The van der Waals surface area contributed by atoms with Gasteiger partial charge in [-0.05, 0) is 42.3 Å². The highest BCUT2D eigenvalue weighted by atomic mass is 19.4. The van der Waals surface area contributed by atoms with Gasteiger partial charge in [0.05, 0.1) is 29.8 Å². The van der Waals surface area contributed by atoms with Crippen molar-refractivity contribution in [1.82, 2.24) is 9.13 Å². The molecular weight excluding hydrogens is 513 g/mol. The summed E-state index contributed by atoms with van der Waals surface area (Å²) in [4.78, 5) is 48.2. The van der Waals surface area contributed by atoms with Gasteiger partial charge in [0, 0.05) is 25.8 Å². The van der Waals surface area contributed by atoms with E-state index in [1.54, 1.807) is 37.4 Å². The SMILES string of the molecule is Cn1c(=O)n(-c2ccc(CC(N)C(=O)O)cc2)c(=O)c2ccc(N3CCOCC3)cc21.O=C(O)C(F)(F)F. The number of nitrogens with zero attached hydrogens (tertiary/aromatic N) is 3. The van der Waals surface area contributed by atoms with E-state index in [4.69, 9.17) is 25.5 Å². The van der Waals surface area contributed by atoms with Crippen LogP contribution in [0.25, 0.3) is 16.6 Å². The second kappa shape index (κ2) is 11.5. The Morgan fingerprint density at radius 1 is 1.03 bits per heavy atom. The molecule has 1 saturated heterocycles. The first kappa shape index (κ1) is 28.4. The molecule has 4 rings (SSSR count). The van der Waals surface area contributed by atoms with Crippen LogP contribution in [0, 0.1) is 0 Å². The summed E-state index contributed by atoms with van der Waals surface area (Å²) in [6.07, 6.45) is -4.93. The second-order valence-corrected chi connectivity index (χ2v) is 8.40. The number of nitrogens with two attached hydrogens (primary N) is 1. The number of carboxylic acid groups (broad SMARTS) is 2. The number of halogens is 3. The first-order chi connectivity index (χ1) is 17.8. The molecule has 204 valence electrons. The summed E-state index contributed by atoms with van der Waals surface area (Å²) in [5, 5.41) is 16.5. The Balaban J connectivity index is 0.000000505. The molecule has 0 radical (unpaired) electrons. The van der Waals surface area contributed by atoms with E-state index in [0.717, 1.165) is 23.3 Å². The van der Waals surface area contributed by atoms with Crippen molar-refractivity contribution in [2.45, 2.75) is 18.6 Å². The van der Waals surface area contributed by atoms with E-state index in [9.17, 15) is 27.6 Å². The van der Waals surface area contributed by atoms with Gasteiger partial charge in [-0.15, -0.1) is 0 Å². The molecule has 1 fully saturated rings. The number of morpholine rings is 1. The number of aliphatic carboxylic acids is 2. The summed E-state index contributed by atoms with van der Waals surface area (Å²) < 4.78 is 39.7. The van der Waals surface area contributed by atoms with Gasteiger partial charge in [-0.1, -0.05) is 12.1 Å². The van der Waals surface area contributed by atoms with Crippen molar-refractivity contribution in [2.24, 2.45) is 12.8 Å². The molecule has 2 aromatic carbocycles. The molecule has 0 amide bonds. The maximum Gasteiger partial charge on any atom is 0.490 e. The smallest absolute Gasteiger partial charge is 0.480 e. The van der Waals surface area contributed by atoms with Gasteiger partial charge in [-0.2, -0.15) is 13.2 Å². The van der Waals surface area contributed by atoms with Gasteiger partial charge in [0.25, 0.3) is 5.56 Å². The molecular formula is C24H25F3N4O7. The van der Waals surface area contributed by atoms with Crippen LogP contribution in [0.3, 0.4) is 0 Å². The number of fused-ring (bicyclic) bond motifs is 1. The molecule has 1 aromatic heterocycles. The van der Waals surface area contributed by atoms with E-state index in [1.807, 2.05) is 12.1 Å². The fourth-order valence-corrected chi connectivity index (χ4v) is 3.81. The van der Waals surface area contributed by atoms with Gasteiger partial charge in [0.1, 0.15) is 6.04 Å². The Morgan fingerprint density at radius 2 is 1.58 bits per heavy atom. The van der Waals surface area contributed by atoms with E-state index in [1.165, 1.54) is 4.57 Å². The summed E-state index contributed by atoms with van der Waals surface area (Å²) in [6, 6.07) is 11.1. The van der Waals surface area contributed by atoms with Crippen molar-refractivity contribution in [1.29, 1.82) is 0 Å². The number of aryl methyl sites for hydroxylation is 1. The lowest BCUT2D eigenvalue weighted by molar-refractivity contribution is -0.192. The van der Waals surface area contributed by atoms with Crippen LogP contribution in [0.2, 0.25) is 0 Å². The Kier molecular flexibility index (Phi) is 8.58. The minimum Gasteiger partial charge on any atom is -0.480 e. The molecule has 1 aliphatic heterocycles. The van der Waals surface area contributed by atoms with Crippen LogP contribution < -0.4 is 21.9 Å². The highest BCUT2D eigenvalue weighted by Gasteiger charge is 2.38. The number of hydrogen-bond donors (Lipinski definition) is 3. The maximum absolute atomic E-state index is 13.2. The van der Waals surface area contributed by atoms with Crippen molar-refractivity contribution in [3.63, 3.8) is 0 Å². The van der Waals surface area contributed by atoms with E-state index < -0.39 is 35.4 Å². The Bertz CT molecular complexity index is 1440. The monoisotopic (exact) mass is 538 g/mol. The van der Waals surface area contributed by atoms with Crippen LogP contribution in [-0.2, 0) is 27.8 Å². The summed E-state index contributed by atoms with van der Waals surface area (Å²) in [5.74, 6) is -3.84. The van der Waals surface area contributed by atoms with Gasteiger partial charge in [-0.3, -0.25) is 14.2 Å². The van der Waals surface area contributed by atoms with Crippen LogP contribution in [0.1, 0.15) is 5.56 Å². The normalized spacial score (nSPS) is 14.5. The van der Waals surface area contributed by atoms with Crippen LogP contribution in [0.15, 0.2) is 52.1 Å². The van der Waals surface area contributed by atoms with Gasteiger partial charge >= 0.3 is 23.8 Å². The number of benzene rings is 2. The quantitative estimate of drug-likeness (QED) is 0.433. The summed E-state index contributed by atoms with van der Waals surface area (Å²) >= 11 is 0. The summed E-state index contributed by atoms with van der Waals surface area (Å²) in [6.45, 7) is 2.81. The lowest BCUT2D eigenvalue weighted by Crippen LogP contribution is -2.38. The standard InChI is InChI=1S/C22H24N4O5.C2HF3O2/c1-24-19-13-16(25-8-10-31-11-9-25)6-7-17(19)20(27)26(22(24)30)15-4-2-14(3-5-15)12-18(23)21(28)29;3-2(4,5)1(6)7/h2-7,13,18H,8-12,23H2,1H3,(H,28,29);(H,6,7). The van der Waals surface area contributed by atoms with Gasteiger partial charge in [0.2, 0.25) is 0 Å². The molecule has 38 heavy (non-hydrogen) atoms. The summed E-state index contributed by atoms with van der Waals surface area (Å²) in [7, 11) is 1.64. The highest BCUT2D eigenvalue weighted by molar-refractivity contribution is 5.82. The third kappa shape index (κ3) is 6.39. The van der Waals surface area contributed by atoms with Crippen molar-refractivity contribution >= 4 is 28.5 Å². The Labute approximate surface area is 213 Å². The first-order valence-corrected chi connectivity index (χ1v) is 11.3. The number of rotatable bonds is 5. The lowest BCUT2D eigenvalue weighted by atomic mass is 10.1. The number of ether oxygens (including phenoxy) is 1. The maximum atomic E-state index is 13.2. The van der Waals surface area contributed by atoms with Crippen molar-refractivity contribution in [3.05, 3.63) is 68.9 Å². The number of carbonyl (C=O) groups is 2. The van der Waals surface area contributed by atoms with Gasteiger partial charge in [0.15, 0.2) is 0 Å². The third-order valence-corrected chi connectivity index (χ3v) is 5.84. The Hall–Kier alpha value is -4.17. The molecule has 1 unspecified atom stereocenters. The van der Waals surface area contributed by atoms with E-state index in [2.05, 4.69) is 4.90 Å². The zero-order valence-corrected chi connectivity index (χ0v) is 20.1. The predicted octanol–water partition coefficient (Wildman–Crippen LogP) is 1.11. The molecule has 11 nitrogen and oxygen atoms in total. The molecule has 0 saturated carbocycles. The van der Waals surface area contributed by atoms with Gasteiger partial charge in [-0.25, -0.2) is 14.2 Å². The van der Waals surface area contributed by atoms with Crippen LogP contribution in [0.4, 0.5) is 18.9 Å². The number of hydrogen-bond acceptors (Lipinski definition) is 7. The minimum atomic E-state index is -5.08. The second-order valence-electron chi connectivity index (χ2n) is 8.40. The van der Waals surface area contributed by atoms with Crippen LogP contribution in [0.5, 0.6) is 0 Å². The third-order valence-electron chi connectivity index (χ3n) is 5.84. The first-order valence-electron chi connectivity index (χ1n) is 11.3. The van der Waals surface area contributed by atoms with Crippen molar-refractivity contribution in [3.8, 4) is 5.69 Å². The molecule has 14 heteroatoms. The number of aromatic nitrogens is 2. The fraction of sp³-hybridized carbons (Fsp3) is 0.333. The zero-order chi connectivity index (χ0) is 28.2. The predicted molar refractivity (Wildman–Crippen MR) is 131 cm³/mol. The van der Waals surface area contributed by atoms with E-state index in [-0.39, 0.29) is 6.42 Å². The van der Waals surface area contributed by atoms with Crippen LogP contribution >= 0.6 is 0 Å². The van der Waals surface area contributed by atoms with E-state index in [0.29, 0.717) is 35.4 Å². The average Bonchev–Trinajstić information content (AvgIpc) is 2.88. The largest absolute Gasteiger partial charge is 0.490 e. The van der Waals surface area contributed by atoms with Crippen LogP contribution in [-0.4, -0.2) is 69.8 Å². The van der Waals surface area contributed by atoms with Crippen molar-refractivity contribution in [2.75, 3.05) is 31.2 Å². The molecule has 1 atom stereocenters. The minimum absolute atomic E-state index is 0.157. The molecule has 3 aromatic rings. The van der Waals surface area contributed by atoms with Crippen molar-refractivity contribution < 1.29 is 37.7 Å². The highest BCUT2D eigenvalue weighted by Crippen LogP contribution is 2.21. The molecule has 2 heterocycles. The zero-order valence-electron chi connectivity index (χ0n) is 20.1. The average molecular weight is 538 g/mol. The lowest BCUT2D eigenvalue weighted by Gasteiger charge is -2.29. The topological polar surface area (TPSA) is 157 Å².